The Kier molecular flexibility index (Phi) is 5.65. The van der Waals surface area contributed by atoms with Crippen molar-refractivity contribution in [2.75, 3.05) is 11.1 Å². The Morgan fingerprint density at radius 2 is 1.86 bits per heavy atom. The monoisotopic (exact) mass is 471 g/mol. The fraction of sp³-hybridized carbons (Fsp3) is 0.167. The number of nitrogens with zero attached hydrogens (tertiary/aromatic N) is 7. The molecule has 0 unspecified atom stereocenters. The van der Waals surface area contributed by atoms with Gasteiger partial charge >= 0.3 is 0 Å². The molecule has 3 N–H and O–H groups in total. The van der Waals surface area contributed by atoms with Crippen molar-refractivity contribution in [1.82, 2.24) is 34.3 Å². The van der Waals surface area contributed by atoms with Crippen molar-refractivity contribution in [3.05, 3.63) is 83.2 Å². The van der Waals surface area contributed by atoms with Crippen LogP contribution in [0.2, 0.25) is 0 Å². The normalized spacial score (nSPS) is 12.1. The van der Waals surface area contributed by atoms with E-state index in [2.05, 4.69) is 25.4 Å². The van der Waals surface area contributed by atoms with Gasteiger partial charge in [0.15, 0.2) is 5.82 Å². The highest BCUT2D eigenvalue weighted by molar-refractivity contribution is 5.80. The van der Waals surface area contributed by atoms with Gasteiger partial charge in [0.2, 0.25) is 0 Å². The van der Waals surface area contributed by atoms with E-state index in [1.807, 2.05) is 6.92 Å². The zero-order valence-corrected chi connectivity index (χ0v) is 19.1. The number of nitrogen functional groups attached to an aromatic ring is 1. The van der Waals surface area contributed by atoms with Crippen LogP contribution in [0.15, 0.2) is 66.0 Å². The fourth-order valence-electron chi connectivity index (χ4n) is 3.95. The minimum absolute atomic E-state index is 0.111. The summed E-state index contributed by atoms with van der Waals surface area (Å²) in [5, 5.41) is 8.03. The van der Waals surface area contributed by atoms with Crippen LogP contribution in [0.5, 0.6) is 0 Å². The second-order valence-corrected chi connectivity index (χ2v) is 7.91. The van der Waals surface area contributed by atoms with E-state index >= 15 is 0 Å². The van der Waals surface area contributed by atoms with Gasteiger partial charge in [-0.2, -0.15) is 5.10 Å². The molecule has 0 aliphatic carbocycles. The number of halogens is 1. The number of nitrogens with two attached hydrogens (primary N) is 1. The summed E-state index contributed by atoms with van der Waals surface area (Å²) in [6.45, 7) is 1.92. The van der Waals surface area contributed by atoms with Gasteiger partial charge in [-0.15, -0.1) is 0 Å². The molecule has 0 bridgehead atoms. The van der Waals surface area contributed by atoms with Crippen LogP contribution in [0, 0.1) is 5.82 Å². The van der Waals surface area contributed by atoms with Crippen molar-refractivity contribution < 1.29 is 4.39 Å². The van der Waals surface area contributed by atoms with E-state index in [-0.39, 0.29) is 17.1 Å². The molecule has 0 spiro atoms. The quantitative estimate of drug-likeness (QED) is 0.386. The van der Waals surface area contributed by atoms with E-state index in [0.717, 1.165) is 0 Å². The summed E-state index contributed by atoms with van der Waals surface area (Å²) in [4.78, 5) is 31.1. The fourth-order valence-corrected chi connectivity index (χ4v) is 3.95. The lowest BCUT2D eigenvalue weighted by Gasteiger charge is -2.23. The predicted octanol–water partition coefficient (Wildman–Crippen LogP) is 3.26. The first kappa shape index (κ1) is 22.1. The van der Waals surface area contributed by atoms with E-state index in [4.69, 9.17) is 10.7 Å². The number of hydrogen-bond donors (Lipinski definition) is 2. The summed E-state index contributed by atoms with van der Waals surface area (Å²) in [5.41, 5.74) is 6.83. The van der Waals surface area contributed by atoms with Gasteiger partial charge in [0, 0.05) is 7.05 Å². The van der Waals surface area contributed by atoms with Crippen molar-refractivity contribution in [3.63, 3.8) is 0 Å². The number of fused-ring (bicyclic) bond motifs is 1. The third-order valence-corrected chi connectivity index (χ3v) is 5.63. The van der Waals surface area contributed by atoms with Crippen LogP contribution in [-0.4, -0.2) is 34.3 Å². The van der Waals surface area contributed by atoms with Gasteiger partial charge in [0.1, 0.15) is 41.5 Å². The molecule has 1 atom stereocenters. The van der Waals surface area contributed by atoms with Crippen LogP contribution in [0.4, 0.5) is 16.0 Å². The highest BCUT2D eigenvalue weighted by atomic mass is 19.1. The molecule has 0 saturated heterocycles. The van der Waals surface area contributed by atoms with E-state index in [0.29, 0.717) is 40.4 Å². The van der Waals surface area contributed by atoms with Crippen molar-refractivity contribution in [2.24, 2.45) is 7.05 Å². The van der Waals surface area contributed by atoms with Crippen molar-refractivity contribution in [1.29, 1.82) is 0 Å². The zero-order valence-electron chi connectivity index (χ0n) is 19.1. The standard InChI is InChI=1S/C24H22FN9O/c1-3-16(30-21-19(20(26)27-12-28-21)22-29-13-33(2)32-22)23-31-17-10-6-4-8-14(17)24(35)34(23)18-11-7-5-9-15(18)25/h4-13,16H,3H2,1-2H3,(H3,26,27,28,30)/t16-/m0/s1. The summed E-state index contributed by atoms with van der Waals surface area (Å²) in [6.07, 6.45) is 3.37. The van der Waals surface area contributed by atoms with Crippen molar-refractivity contribution >= 4 is 22.5 Å². The van der Waals surface area contributed by atoms with Crippen LogP contribution in [0.3, 0.4) is 0 Å². The lowest BCUT2D eigenvalue weighted by atomic mass is 10.1. The number of aromatic nitrogens is 7. The average molecular weight is 472 g/mol. The molecule has 5 rings (SSSR count). The van der Waals surface area contributed by atoms with Gasteiger partial charge in [0.05, 0.1) is 22.6 Å². The Hall–Kier alpha value is -4.67. The van der Waals surface area contributed by atoms with Gasteiger partial charge in [0.25, 0.3) is 5.56 Å². The second-order valence-electron chi connectivity index (χ2n) is 7.91. The van der Waals surface area contributed by atoms with E-state index in [9.17, 15) is 9.18 Å². The average Bonchev–Trinajstić information content (AvgIpc) is 3.29. The molecule has 0 amide bonds. The number of aryl methyl sites for hydroxylation is 1. The van der Waals surface area contributed by atoms with Crippen LogP contribution in [0.1, 0.15) is 25.2 Å². The molecule has 3 aromatic heterocycles. The molecule has 5 aromatic rings. The summed E-state index contributed by atoms with van der Waals surface area (Å²) < 4.78 is 17.8. The number of rotatable bonds is 6. The molecular formula is C24H22FN9O. The molecule has 35 heavy (non-hydrogen) atoms. The van der Waals surface area contributed by atoms with Gasteiger partial charge in [-0.05, 0) is 30.7 Å². The molecule has 0 aliphatic heterocycles. The van der Waals surface area contributed by atoms with Crippen LogP contribution in [-0.2, 0) is 7.05 Å². The third-order valence-electron chi connectivity index (χ3n) is 5.63. The Morgan fingerprint density at radius 1 is 1.09 bits per heavy atom. The van der Waals surface area contributed by atoms with Gasteiger partial charge in [-0.1, -0.05) is 31.2 Å². The van der Waals surface area contributed by atoms with Crippen molar-refractivity contribution in [3.8, 4) is 17.1 Å². The molecule has 3 heterocycles. The predicted molar refractivity (Wildman–Crippen MR) is 130 cm³/mol. The van der Waals surface area contributed by atoms with Gasteiger partial charge in [-0.25, -0.2) is 24.3 Å². The van der Waals surface area contributed by atoms with E-state index < -0.39 is 11.9 Å². The number of nitrogens with one attached hydrogen (secondary N) is 1. The van der Waals surface area contributed by atoms with E-state index in [1.165, 1.54) is 17.0 Å². The first-order chi connectivity index (χ1) is 17.0. The van der Waals surface area contributed by atoms with Crippen molar-refractivity contribution in [2.45, 2.75) is 19.4 Å². The molecule has 2 aromatic carbocycles. The molecule has 176 valence electrons. The number of anilines is 2. The highest BCUT2D eigenvalue weighted by Gasteiger charge is 2.24. The minimum Gasteiger partial charge on any atom is -0.383 e. The maximum atomic E-state index is 14.9. The summed E-state index contributed by atoms with van der Waals surface area (Å²) >= 11 is 0. The maximum absolute atomic E-state index is 14.9. The molecule has 0 fully saturated rings. The smallest absolute Gasteiger partial charge is 0.266 e. The first-order valence-electron chi connectivity index (χ1n) is 11.0. The van der Waals surface area contributed by atoms with Gasteiger partial charge in [-0.3, -0.25) is 14.0 Å². The van der Waals surface area contributed by atoms with Crippen LogP contribution >= 0.6 is 0 Å². The topological polar surface area (TPSA) is 129 Å². The highest BCUT2D eigenvalue weighted by Crippen LogP contribution is 2.31. The molecule has 0 radical (unpaired) electrons. The number of para-hydroxylation sites is 2. The van der Waals surface area contributed by atoms with Crippen LogP contribution < -0.4 is 16.6 Å². The summed E-state index contributed by atoms with van der Waals surface area (Å²) in [7, 11) is 1.74. The lowest BCUT2D eigenvalue weighted by Crippen LogP contribution is -2.29. The maximum Gasteiger partial charge on any atom is 0.266 e. The third kappa shape index (κ3) is 3.97. The molecule has 11 heteroatoms. The van der Waals surface area contributed by atoms with E-state index in [1.54, 1.807) is 60.5 Å². The summed E-state index contributed by atoms with van der Waals surface area (Å²) in [5.74, 6) is 0.714. The Morgan fingerprint density at radius 3 is 2.60 bits per heavy atom. The Labute approximate surface area is 199 Å². The van der Waals surface area contributed by atoms with Crippen LogP contribution in [0.25, 0.3) is 28.0 Å². The number of benzene rings is 2. The number of hydrogen-bond acceptors (Lipinski definition) is 8. The first-order valence-corrected chi connectivity index (χ1v) is 11.0. The zero-order chi connectivity index (χ0) is 24.5. The SMILES string of the molecule is CC[C@H](Nc1ncnc(N)c1-c1ncn(C)n1)c1nc2ccccc2c(=O)n1-c1ccccc1F. The molecule has 0 saturated carbocycles. The molecular weight excluding hydrogens is 449 g/mol. The summed E-state index contributed by atoms with van der Waals surface area (Å²) in [6, 6.07) is 12.6. The molecule has 10 nitrogen and oxygen atoms in total. The lowest BCUT2D eigenvalue weighted by molar-refractivity contribution is 0.599. The minimum atomic E-state index is -0.538. The molecule has 0 aliphatic rings. The van der Waals surface area contributed by atoms with Gasteiger partial charge < -0.3 is 11.1 Å². The Balaban J connectivity index is 1.71. The Bertz CT molecular complexity index is 1590. The second kappa shape index (κ2) is 8.93. The largest absolute Gasteiger partial charge is 0.383 e.